The predicted molar refractivity (Wildman–Crippen MR) is 170 cm³/mol. The number of amides is 1. The van der Waals surface area contributed by atoms with E-state index in [0.29, 0.717) is 27.4 Å². The van der Waals surface area contributed by atoms with Gasteiger partial charge in [0.25, 0.3) is 0 Å². The van der Waals surface area contributed by atoms with E-state index in [0.717, 1.165) is 28.1 Å². The SMILES string of the molecule is Cc1ccc(C(C)C)c(N2C(=O)CSC2=NC(=S)CNNc2ccc(-c3ncn(-c4ccc(OC(F)(F)F)cc4)n3)cc2)c1. The Balaban J connectivity index is 1.17. The van der Waals surface area contributed by atoms with Crippen molar-refractivity contribution in [1.82, 2.24) is 20.2 Å². The fraction of sp³-hybridized carbons (Fsp3) is 0.233. The highest BCUT2D eigenvalue weighted by atomic mass is 32.2. The highest BCUT2D eigenvalue weighted by Crippen LogP contribution is 2.34. The van der Waals surface area contributed by atoms with E-state index in [1.165, 1.54) is 47.0 Å². The first-order valence-electron chi connectivity index (χ1n) is 13.5. The number of aryl methyl sites for hydroxylation is 1. The zero-order valence-electron chi connectivity index (χ0n) is 23.9. The number of nitrogens with one attached hydrogen (secondary N) is 2. The molecule has 5 rings (SSSR count). The third-order valence-corrected chi connectivity index (χ3v) is 7.64. The zero-order chi connectivity index (χ0) is 31.4. The molecule has 1 saturated heterocycles. The molecule has 0 saturated carbocycles. The predicted octanol–water partition coefficient (Wildman–Crippen LogP) is 6.64. The molecule has 2 N–H and O–H groups in total. The van der Waals surface area contributed by atoms with Gasteiger partial charge < -0.3 is 10.2 Å². The van der Waals surface area contributed by atoms with Crippen molar-refractivity contribution in [1.29, 1.82) is 0 Å². The van der Waals surface area contributed by atoms with Crippen LogP contribution in [0.25, 0.3) is 17.1 Å². The summed E-state index contributed by atoms with van der Waals surface area (Å²) in [6.45, 7) is 6.44. The van der Waals surface area contributed by atoms with Crippen molar-refractivity contribution in [3.63, 3.8) is 0 Å². The van der Waals surface area contributed by atoms with Gasteiger partial charge in [0, 0.05) is 11.3 Å². The van der Waals surface area contributed by atoms with Gasteiger partial charge in [-0.3, -0.25) is 9.69 Å². The standard InChI is InChI=1S/C30H28F3N7O2S2/c1-18(2)24-13-4-19(3)14-25(24)40-27(41)16-44-29(40)36-26(43)15-35-37-21-7-5-20(6-8-21)28-34-17-39(38-28)22-9-11-23(12-10-22)42-30(31,32)33/h4-14,17-18,35,37H,15-16H2,1-3H3. The molecule has 4 aromatic rings. The number of carbonyl (C=O) groups is 1. The maximum Gasteiger partial charge on any atom is 0.573 e. The number of ether oxygens (including phenoxy) is 1. The van der Waals surface area contributed by atoms with Gasteiger partial charge in [-0.05, 0) is 78.6 Å². The van der Waals surface area contributed by atoms with Gasteiger partial charge in [0.05, 0.1) is 23.7 Å². The van der Waals surface area contributed by atoms with Crippen molar-refractivity contribution in [3.05, 3.63) is 84.2 Å². The van der Waals surface area contributed by atoms with E-state index in [1.54, 1.807) is 4.90 Å². The Morgan fingerprint density at radius 3 is 2.52 bits per heavy atom. The van der Waals surface area contributed by atoms with Crippen molar-refractivity contribution in [2.24, 2.45) is 4.99 Å². The van der Waals surface area contributed by atoms with Gasteiger partial charge in [0.1, 0.15) is 17.1 Å². The molecule has 14 heteroatoms. The van der Waals surface area contributed by atoms with Gasteiger partial charge >= 0.3 is 6.36 Å². The number of aliphatic imine (C=N–C) groups is 1. The lowest BCUT2D eigenvalue weighted by Gasteiger charge is -2.22. The number of alkyl halides is 3. The highest BCUT2D eigenvalue weighted by Gasteiger charge is 2.32. The van der Waals surface area contributed by atoms with Crippen LogP contribution in [0.1, 0.15) is 30.9 Å². The second kappa shape index (κ2) is 13.2. The van der Waals surface area contributed by atoms with Gasteiger partial charge in [-0.1, -0.05) is 50.0 Å². The van der Waals surface area contributed by atoms with Crippen LogP contribution in [-0.4, -0.2) is 49.5 Å². The van der Waals surface area contributed by atoms with Crippen LogP contribution in [-0.2, 0) is 4.79 Å². The van der Waals surface area contributed by atoms with Crippen LogP contribution < -0.4 is 20.5 Å². The van der Waals surface area contributed by atoms with Crippen molar-refractivity contribution < 1.29 is 22.7 Å². The molecule has 228 valence electrons. The number of anilines is 2. The van der Waals surface area contributed by atoms with E-state index in [2.05, 4.69) is 50.6 Å². The van der Waals surface area contributed by atoms with E-state index >= 15 is 0 Å². The van der Waals surface area contributed by atoms with Crippen molar-refractivity contribution in [3.8, 4) is 22.8 Å². The van der Waals surface area contributed by atoms with Crippen LogP contribution in [0.3, 0.4) is 0 Å². The molecule has 0 radical (unpaired) electrons. The van der Waals surface area contributed by atoms with E-state index in [9.17, 15) is 18.0 Å². The Morgan fingerprint density at radius 2 is 1.84 bits per heavy atom. The Hall–Kier alpha value is -4.27. The van der Waals surface area contributed by atoms with E-state index in [1.807, 2.05) is 43.3 Å². The number of hydrogen-bond donors (Lipinski definition) is 2. The second-order valence-corrected chi connectivity index (χ2v) is 11.5. The number of amidine groups is 1. The van der Waals surface area contributed by atoms with Crippen LogP contribution in [0.2, 0.25) is 0 Å². The molecule has 3 aromatic carbocycles. The second-order valence-electron chi connectivity index (χ2n) is 10.1. The smallest absolute Gasteiger partial charge is 0.406 e. The van der Waals surface area contributed by atoms with Gasteiger partial charge in [0.2, 0.25) is 5.91 Å². The summed E-state index contributed by atoms with van der Waals surface area (Å²) in [5, 5.41) is 4.98. The van der Waals surface area contributed by atoms with Crippen molar-refractivity contribution in [2.75, 3.05) is 22.6 Å². The Morgan fingerprint density at radius 1 is 1.11 bits per heavy atom. The summed E-state index contributed by atoms with van der Waals surface area (Å²) < 4.78 is 42.6. The number of thiocarbonyl (C=S) groups is 1. The third-order valence-electron chi connectivity index (χ3n) is 6.48. The number of carbonyl (C=O) groups excluding carboxylic acids is 1. The molecular weight excluding hydrogens is 612 g/mol. The van der Waals surface area contributed by atoms with Gasteiger partial charge in [-0.2, -0.15) is 0 Å². The fourth-order valence-corrected chi connectivity index (χ4v) is 5.51. The average Bonchev–Trinajstić information content (AvgIpc) is 3.60. The highest BCUT2D eigenvalue weighted by molar-refractivity contribution is 8.15. The van der Waals surface area contributed by atoms with Crippen LogP contribution in [0.15, 0.2) is 78.0 Å². The molecule has 1 aliphatic heterocycles. The minimum absolute atomic E-state index is 0.0250. The summed E-state index contributed by atoms with van der Waals surface area (Å²) in [4.78, 5) is 23.8. The number of rotatable bonds is 9. The minimum atomic E-state index is -4.75. The Labute approximate surface area is 261 Å². The summed E-state index contributed by atoms with van der Waals surface area (Å²) in [6.07, 6.45) is -3.28. The maximum atomic E-state index is 12.8. The molecule has 0 aliphatic carbocycles. The number of halogens is 3. The topological polar surface area (TPSA) is 96.7 Å². The summed E-state index contributed by atoms with van der Waals surface area (Å²) in [7, 11) is 0. The van der Waals surface area contributed by atoms with Gasteiger partial charge in [-0.15, -0.1) is 18.3 Å². The van der Waals surface area contributed by atoms with Gasteiger partial charge in [0.15, 0.2) is 11.0 Å². The molecule has 0 atom stereocenters. The summed E-state index contributed by atoms with van der Waals surface area (Å²) in [6, 6.07) is 18.8. The van der Waals surface area contributed by atoms with Gasteiger partial charge in [-0.25, -0.2) is 20.1 Å². The first kappa shape index (κ1) is 31.2. The molecule has 0 bridgehead atoms. The van der Waals surface area contributed by atoms with Crippen LogP contribution in [0, 0.1) is 6.92 Å². The summed E-state index contributed by atoms with van der Waals surface area (Å²) in [5.41, 5.74) is 11.2. The molecule has 44 heavy (non-hydrogen) atoms. The lowest BCUT2D eigenvalue weighted by Crippen LogP contribution is -2.32. The first-order chi connectivity index (χ1) is 21.0. The lowest BCUT2D eigenvalue weighted by molar-refractivity contribution is -0.274. The number of benzene rings is 3. The first-order valence-corrected chi connectivity index (χ1v) is 14.9. The third kappa shape index (κ3) is 7.62. The molecular formula is C30H28F3N7O2S2. The number of hydrazine groups is 1. The monoisotopic (exact) mass is 639 g/mol. The van der Waals surface area contributed by atoms with E-state index in [-0.39, 0.29) is 24.1 Å². The largest absolute Gasteiger partial charge is 0.573 e. The number of aromatic nitrogens is 3. The fourth-order valence-electron chi connectivity index (χ4n) is 4.41. The Kier molecular flexibility index (Phi) is 9.32. The number of thioether (sulfide) groups is 1. The molecule has 1 fully saturated rings. The molecule has 2 heterocycles. The summed E-state index contributed by atoms with van der Waals surface area (Å²) in [5.74, 6) is 0.649. The van der Waals surface area contributed by atoms with Crippen LogP contribution in [0.5, 0.6) is 5.75 Å². The van der Waals surface area contributed by atoms with E-state index < -0.39 is 6.36 Å². The minimum Gasteiger partial charge on any atom is -0.406 e. The quantitative estimate of drug-likeness (QED) is 0.155. The number of nitrogens with zero attached hydrogens (tertiary/aromatic N) is 5. The normalized spacial score (nSPS) is 14.5. The lowest BCUT2D eigenvalue weighted by atomic mass is 9.99. The molecule has 0 unspecified atom stereocenters. The summed E-state index contributed by atoms with van der Waals surface area (Å²) >= 11 is 6.87. The van der Waals surface area contributed by atoms with Crippen molar-refractivity contribution in [2.45, 2.75) is 33.1 Å². The maximum absolute atomic E-state index is 12.8. The van der Waals surface area contributed by atoms with Crippen molar-refractivity contribution >= 4 is 51.4 Å². The number of hydrogen-bond acceptors (Lipinski definition) is 8. The molecule has 1 amide bonds. The Bertz CT molecular complexity index is 1690. The van der Waals surface area contributed by atoms with E-state index in [4.69, 9.17) is 12.2 Å². The molecule has 1 aromatic heterocycles. The zero-order valence-corrected chi connectivity index (χ0v) is 25.6. The molecule has 9 nitrogen and oxygen atoms in total. The van der Waals surface area contributed by atoms with Crippen LogP contribution >= 0.6 is 24.0 Å². The van der Waals surface area contributed by atoms with Crippen LogP contribution in [0.4, 0.5) is 24.5 Å². The average molecular weight is 640 g/mol. The molecule has 1 aliphatic rings. The molecule has 0 spiro atoms.